The standard InChI is InChI=1S/C21H23N3OS/c1-15-20(26-14-23-15)21(25)24-9-4-5-16(8-10-24)11-18-13-22-12-17-6-2-3-7-19(17)18/h2-3,6-7,12-14,16H,4-5,8-11H2,1H3/t16-/m1/s1. The highest BCUT2D eigenvalue weighted by atomic mass is 32.1. The van der Waals surface area contributed by atoms with Gasteiger partial charge in [-0.15, -0.1) is 11.3 Å². The third kappa shape index (κ3) is 3.49. The summed E-state index contributed by atoms with van der Waals surface area (Å²) in [7, 11) is 0. The van der Waals surface area contributed by atoms with Gasteiger partial charge in [-0.05, 0) is 49.5 Å². The predicted molar refractivity (Wildman–Crippen MR) is 106 cm³/mol. The Bertz CT molecular complexity index is 915. The summed E-state index contributed by atoms with van der Waals surface area (Å²) in [4.78, 5) is 24.2. The van der Waals surface area contributed by atoms with Crippen molar-refractivity contribution in [2.24, 2.45) is 5.92 Å². The van der Waals surface area contributed by atoms with Crippen LogP contribution in [0.25, 0.3) is 10.8 Å². The number of rotatable bonds is 3. The highest BCUT2D eigenvalue weighted by molar-refractivity contribution is 7.11. The van der Waals surface area contributed by atoms with Gasteiger partial charge in [-0.2, -0.15) is 0 Å². The number of fused-ring (bicyclic) bond motifs is 1. The molecule has 1 aliphatic heterocycles. The van der Waals surface area contributed by atoms with Crippen LogP contribution < -0.4 is 0 Å². The van der Waals surface area contributed by atoms with E-state index >= 15 is 0 Å². The number of likely N-dealkylation sites (tertiary alicyclic amines) is 1. The van der Waals surface area contributed by atoms with Crippen molar-refractivity contribution in [3.8, 4) is 0 Å². The van der Waals surface area contributed by atoms with Crippen molar-refractivity contribution in [3.05, 3.63) is 58.3 Å². The number of benzene rings is 1. The molecular formula is C21H23N3OS. The second-order valence-electron chi connectivity index (χ2n) is 7.08. The second-order valence-corrected chi connectivity index (χ2v) is 7.93. The van der Waals surface area contributed by atoms with Gasteiger partial charge in [-0.1, -0.05) is 24.3 Å². The Morgan fingerprint density at radius 2 is 2.12 bits per heavy atom. The van der Waals surface area contributed by atoms with E-state index in [0.29, 0.717) is 5.92 Å². The van der Waals surface area contributed by atoms with E-state index in [1.54, 1.807) is 5.51 Å². The van der Waals surface area contributed by atoms with Crippen molar-refractivity contribution in [1.29, 1.82) is 0 Å². The maximum absolute atomic E-state index is 12.8. The molecule has 1 aromatic carbocycles. The monoisotopic (exact) mass is 365 g/mol. The molecule has 1 fully saturated rings. The lowest BCUT2D eigenvalue weighted by atomic mass is 9.91. The number of hydrogen-bond donors (Lipinski definition) is 0. The second kappa shape index (κ2) is 7.54. The van der Waals surface area contributed by atoms with E-state index in [2.05, 4.69) is 34.2 Å². The molecule has 4 nitrogen and oxygen atoms in total. The number of aromatic nitrogens is 2. The summed E-state index contributed by atoms with van der Waals surface area (Å²) in [6.45, 7) is 3.59. The summed E-state index contributed by atoms with van der Waals surface area (Å²) in [6, 6.07) is 8.46. The quantitative estimate of drug-likeness (QED) is 0.687. The maximum Gasteiger partial charge on any atom is 0.265 e. The molecule has 1 amide bonds. The molecule has 1 saturated heterocycles. The third-order valence-electron chi connectivity index (χ3n) is 5.33. The Hall–Kier alpha value is -2.27. The molecule has 5 heteroatoms. The molecule has 0 N–H and O–H groups in total. The van der Waals surface area contributed by atoms with Gasteiger partial charge in [0.2, 0.25) is 0 Å². The molecule has 1 atom stereocenters. The zero-order valence-corrected chi connectivity index (χ0v) is 15.8. The van der Waals surface area contributed by atoms with Crippen molar-refractivity contribution in [2.45, 2.75) is 32.6 Å². The van der Waals surface area contributed by atoms with Crippen LogP contribution >= 0.6 is 11.3 Å². The third-order valence-corrected chi connectivity index (χ3v) is 6.25. The number of hydrogen-bond acceptors (Lipinski definition) is 4. The summed E-state index contributed by atoms with van der Waals surface area (Å²) in [5.41, 5.74) is 3.94. The first-order valence-corrected chi connectivity index (χ1v) is 10.1. The fourth-order valence-electron chi connectivity index (χ4n) is 3.88. The molecule has 3 aromatic rings. The highest BCUT2D eigenvalue weighted by Gasteiger charge is 2.24. The SMILES string of the molecule is Cc1ncsc1C(=O)N1CCC[C@@H](Cc2cncc3ccccc23)CC1. The van der Waals surface area contributed by atoms with Crippen LogP contribution in [-0.2, 0) is 6.42 Å². The van der Waals surface area contributed by atoms with E-state index in [0.717, 1.165) is 49.3 Å². The summed E-state index contributed by atoms with van der Waals surface area (Å²) in [5.74, 6) is 0.750. The van der Waals surface area contributed by atoms with Crippen molar-refractivity contribution in [1.82, 2.24) is 14.9 Å². The number of pyridine rings is 1. The minimum Gasteiger partial charge on any atom is -0.338 e. The molecule has 1 aliphatic rings. The largest absolute Gasteiger partial charge is 0.338 e. The Kier molecular flexibility index (Phi) is 4.98. The number of carbonyl (C=O) groups is 1. The lowest BCUT2D eigenvalue weighted by Crippen LogP contribution is -2.32. The van der Waals surface area contributed by atoms with Crippen molar-refractivity contribution < 1.29 is 4.79 Å². The molecule has 2 aromatic heterocycles. The molecule has 0 radical (unpaired) electrons. The van der Waals surface area contributed by atoms with Gasteiger partial charge < -0.3 is 4.90 Å². The topological polar surface area (TPSA) is 46.1 Å². The zero-order chi connectivity index (χ0) is 17.9. The van der Waals surface area contributed by atoms with Gasteiger partial charge in [0.1, 0.15) is 4.88 Å². The van der Waals surface area contributed by atoms with Crippen LogP contribution in [0.5, 0.6) is 0 Å². The number of thiazole rings is 1. The summed E-state index contributed by atoms with van der Waals surface area (Å²) >= 11 is 1.45. The minimum absolute atomic E-state index is 0.150. The van der Waals surface area contributed by atoms with Crippen LogP contribution in [0.15, 0.2) is 42.2 Å². The zero-order valence-electron chi connectivity index (χ0n) is 15.0. The average Bonchev–Trinajstić information content (AvgIpc) is 2.95. The first-order chi connectivity index (χ1) is 12.7. The van der Waals surface area contributed by atoms with Crippen LogP contribution in [0.3, 0.4) is 0 Å². The van der Waals surface area contributed by atoms with E-state index in [9.17, 15) is 4.79 Å². The van der Waals surface area contributed by atoms with Gasteiger partial charge in [0.25, 0.3) is 5.91 Å². The maximum atomic E-state index is 12.8. The Morgan fingerprint density at radius 3 is 2.96 bits per heavy atom. The van der Waals surface area contributed by atoms with Gasteiger partial charge >= 0.3 is 0 Å². The van der Waals surface area contributed by atoms with E-state index in [1.165, 1.54) is 27.7 Å². The van der Waals surface area contributed by atoms with E-state index in [1.807, 2.05) is 24.2 Å². The molecule has 0 bridgehead atoms. The summed E-state index contributed by atoms with van der Waals surface area (Å²) in [6.07, 6.45) is 8.25. The van der Waals surface area contributed by atoms with Gasteiger partial charge in [0.15, 0.2) is 0 Å². The van der Waals surface area contributed by atoms with Gasteiger partial charge in [-0.25, -0.2) is 4.98 Å². The van der Waals surface area contributed by atoms with E-state index in [-0.39, 0.29) is 5.91 Å². The smallest absolute Gasteiger partial charge is 0.265 e. The van der Waals surface area contributed by atoms with Crippen LogP contribution in [0.2, 0.25) is 0 Å². The van der Waals surface area contributed by atoms with E-state index < -0.39 is 0 Å². The molecule has 0 saturated carbocycles. The first-order valence-electron chi connectivity index (χ1n) is 9.23. The molecule has 0 aliphatic carbocycles. The Balaban J connectivity index is 1.45. The molecule has 0 spiro atoms. The number of aryl methyl sites for hydroxylation is 1. The number of amides is 1. The Labute approximate surface area is 157 Å². The predicted octanol–water partition coefficient (Wildman–Crippen LogP) is 4.48. The molecule has 134 valence electrons. The van der Waals surface area contributed by atoms with Crippen LogP contribution in [-0.4, -0.2) is 33.9 Å². The average molecular weight is 366 g/mol. The molecular weight excluding hydrogens is 342 g/mol. The van der Waals surface area contributed by atoms with Crippen molar-refractivity contribution >= 4 is 28.0 Å². The Morgan fingerprint density at radius 1 is 1.23 bits per heavy atom. The first kappa shape index (κ1) is 17.2. The van der Waals surface area contributed by atoms with Gasteiger partial charge in [-0.3, -0.25) is 9.78 Å². The lowest BCUT2D eigenvalue weighted by molar-refractivity contribution is 0.0764. The summed E-state index contributed by atoms with van der Waals surface area (Å²) in [5, 5.41) is 2.51. The molecule has 0 unspecified atom stereocenters. The van der Waals surface area contributed by atoms with Crippen molar-refractivity contribution in [3.63, 3.8) is 0 Å². The van der Waals surface area contributed by atoms with Gasteiger partial charge in [0.05, 0.1) is 11.2 Å². The fraction of sp³-hybridized carbons (Fsp3) is 0.381. The van der Waals surface area contributed by atoms with Crippen LogP contribution in [0.4, 0.5) is 0 Å². The lowest BCUT2D eigenvalue weighted by Gasteiger charge is -2.20. The normalized spacial score (nSPS) is 18.0. The molecule has 4 rings (SSSR count). The minimum atomic E-state index is 0.150. The van der Waals surface area contributed by atoms with Gasteiger partial charge in [0, 0.05) is 30.9 Å². The van der Waals surface area contributed by atoms with Crippen LogP contribution in [0.1, 0.15) is 40.2 Å². The van der Waals surface area contributed by atoms with E-state index in [4.69, 9.17) is 0 Å². The highest BCUT2D eigenvalue weighted by Crippen LogP contribution is 2.27. The van der Waals surface area contributed by atoms with Crippen molar-refractivity contribution in [2.75, 3.05) is 13.1 Å². The number of nitrogens with zero attached hydrogens (tertiary/aromatic N) is 3. The fourth-order valence-corrected chi connectivity index (χ4v) is 4.65. The van der Waals surface area contributed by atoms with Crippen LogP contribution in [0, 0.1) is 12.8 Å². The molecule has 26 heavy (non-hydrogen) atoms. The molecule has 3 heterocycles. The summed E-state index contributed by atoms with van der Waals surface area (Å²) < 4.78 is 0. The number of carbonyl (C=O) groups excluding carboxylic acids is 1.